The molecule has 2 heterocycles. The summed E-state index contributed by atoms with van der Waals surface area (Å²) in [5.74, 6) is 0.158. The summed E-state index contributed by atoms with van der Waals surface area (Å²) in [6.45, 7) is 16.5. The third-order valence-corrected chi connectivity index (χ3v) is 11.3. The van der Waals surface area contributed by atoms with Crippen molar-refractivity contribution in [2.24, 2.45) is 0 Å². The summed E-state index contributed by atoms with van der Waals surface area (Å²) in [5, 5.41) is 8.25. The van der Waals surface area contributed by atoms with Gasteiger partial charge < -0.3 is 15.1 Å². The molecule has 0 radical (unpaired) electrons. The Morgan fingerprint density at radius 1 is 0.692 bits per heavy atom. The number of carbonyl (C=O) groups is 1. The fourth-order valence-electron chi connectivity index (χ4n) is 8.80. The number of rotatable bonds is 15. The second-order valence-electron chi connectivity index (χ2n) is 15.7. The Kier molecular flexibility index (Phi) is 11.7. The lowest BCUT2D eigenvalue weighted by atomic mass is 9.78. The molecule has 2 aliphatic heterocycles. The molecule has 1 atom stereocenters. The van der Waals surface area contributed by atoms with Gasteiger partial charge in [0.05, 0.1) is 6.04 Å². The summed E-state index contributed by atoms with van der Waals surface area (Å²) in [5.41, 5.74) is 6.76. The van der Waals surface area contributed by atoms with Gasteiger partial charge in [-0.3, -0.25) is 4.79 Å². The minimum Gasteiger partial charge on any atom is -0.364 e. The topological polar surface area (TPSA) is 35.6 Å². The van der Waals surface area contributed by atoms with Gasteiger partial charge in [-0.25, -0.2) is 0 Å². The van der Waals surface area contributed by atoms with Crippen molar-refractivity contribution in [1.29, 1.82) is 0 Å². The van der Waals surface area contributed by atoms with Crippen LogP contribution in [-0.2, 0) is 15.6 Å². The maximum atomic E-state index is 12.0. The number of nitrogens with one attached hydrogen (secondary N) is 1. The van der Waals surface area contributed by atoms with Gasteiger partial charge >= 0.3 is 0 Å². The monoisotopic (exact) mass is 693 g/mol. The molecule has 4 nitrogen and oxygen atoms in total. The van der Waals surface area contributed by atoms with Gasteiger partial charge in [-0.2, -0.15) is 0 Å². The van der Waals surface area contributed by atoms with Crippen LogP contribution in [0.3, 0.4) is 0 Å². The van der Waals surface area contributed by atoms with Crippen LogP contribution in [0.2, 0.25) is 0 Å². The van der Waals surface area contributed by atoms with E-state index in [0.29, 0.717) is 19.0 Å². The molecule has 0 aliphatic carbocycles. The second kappa shape index (κ2) is 16.4. The quantitative estimate of drug-likeness (QED) is 0.0994. The number of fused-ring (bicyclic) bond motifs is 6. The van der Waals surface area contributed by atoms with Crippen molar-refractivity contribution in [3.63, 3.8) is 0 Å². The number of benzene rings is 4. The van der Waals surface area contributed by atoms with Crippen LogP contribution >= 0.6 is 0 Å². The first-order chi connectivity index (χ1) is 25.2. The third-order valence-electron chi connectivity index (χ3n) is 11.3. The van der Waals surface area contributed by atoms with Crippen molar-refractivity contribution in [2.45, 2.75) is 103 Å². The zero-order chi connectivity index (χ0) is 36.7. The Morgan fingerprint density at radius 3 is 2.04 bits per heavy atom. The molecule has 272 valence electrons. The largest absolute Gasteiger partial charge is 0.364 e. The molecule has 1 unspecified atom stereocenters. The lowest BCUT2D eigenvalue weighted by Gasteiger charge is -2.32. The zero-order valence-corrected chi connectivity index (χ0v) is 32.4. The Bertz CT molecular complexity index is 1990. The van der Waals surface area contributed by atoms with Gasteiger partial charge in [0.15, 0.2) is 0 Å². The number of carbonyl (C=O) groups excluding carboxylic acids is 1. The molecule has 4 heteroatoms. The van der Waals surface area contributed by atoms with Gasteiger partial charge in [-0.1, -0.05) is 151 Å². The SMILES string of the molecule is CCCCCN1c2ccc3ccccc3c2C(C)(C)C1/C=C/C=C/C=C/C=C1/N(CCCCCC(=O)NCC)c2ccc3ccccc3c2C1(C)C. The second-order valence-corrected chi connectivity index (χ2v) is 15.7. The Hall–Kier alpha value is -4.57. The highest BCUT2D eigenvalue weighted by Gasteiger charge is 2.44. The highest BCUT2D eigenvalue weighted by atomic mass is 16.1. The number of amides is 1. The molecule has 6 rings (SSSR count). The van der Waals surface area contributed by atoms with E-state index in [9.17, 15) is 4.79 Å². The Labute approximate surface area is 313 Å². The molecule has 52 heavy (non-hydrogen) atoms. The number of unbranched alkanes of at least 4 members (excludes halogenated alkanes) is 4. The normalized spacial score (nSPS) is 18.5. The first kappa shape index (κ1) is 37.2. The maximum Gasteiger partial charge on any atom is 0.219 e. The van der Waals surface area contributed by atoms with Crippen molar-refractivity contribution in [3.05, 3.63) is 132 Å². The highest BCUT2D eigenvalue weighted by molar-refractivity contribution is 5.95. The van der Waals surface area contributed by atoms with E-state index in [2.05, 4.69) is 165 Å². The summed E-state index contributed by atoms with van der Waals surface area (Å²) in [7, 11) is 0. The predicted molar refractivity (Wildman–Crippen MR) is 225 cm³/mol. The summed E-state index contributed by atoms with van der Waals surface area (Å²) in [6, 6.07) is 27.1. The van der Waals surface area contributed by atoms with Crippen molar-refractivity contribution in [1.82, 2.24) is 5.32 Å². The molecule has 0 fully saturated rings. The molecule has 4 aromatic rings. The van der Waals surface area contributed by atoms with Crippen molar-refractivity contribution in [2.75, 3.05) is 29.4 Å². The van der Waals surface area contributed by atoms with Crippen LogP contribution in [0.25, 0.3) is 21.5 Å². The van der Waals surface area contributed by atoms with Gasteiger partial charge in [0, 0.05) is 54.0 Å². The molecule has 4 aromatic carbocycles. The molecule has 1 N–H and O–H groups in total. The first-order valence-electron chi connectivity index (χ1n) is 19.8. The highest BCUT2D eigenvalue weighted by Crippen LogP contribution is 2.51. The standard InChI is InChI=1S/C48H59N3O/c1-7-9-21-34-50-40-32-30-36-23-17-19-25-38(36)45(40)47(3,4)42(50)27-14-11-10-12-15-28-43-48(5,6)46-39-26-20-18-24-37(39)31-33-41(46)51(43)35-22-13-16-29-44(52)49-8-2/h10-12,14-15,17-20,23-28,30-33,42H,7-9,13,16,21-22,29,34-35H2,1-6H3,(H,49,52)/b11-10+,15-12+,27-14+,43-28+. The predicted octanol–water partition coefficient (Wildman–Crippen LogP) is 11.7. The number of hydrogen-bond acceptors (Lipinski definition) is 3. The minimum absolute atomic E-state index is 0.00831. The molecule has 1 amide bonds. The number of anilines is 2. The van der Waals surface area contributed by atoms with Crippen molar-refractivity contribution in [3.8, 4) is 0 Å². The van der Waals surface area contributed by atoms with E-state index < -0.39 is 0 Å². The lowest BCUT2D eigenvalue weighted by Crippen LogP contribution is -2.40. The minimum atomic E-state index is -0.139. The van der Waals surface area contributed by atoms with E-state index in [-0.39, 0.29) is 16.7 Å². The molecule has 0 aromatic heterocycles. The van der Waals surface area contributed by atoms with Gasteiger partial charge in [0.1, 0.15) is 0 Å². The Morgan fingerprint density at radius 2 is 1.33 bits per heavy atom. The molecule has 2 aliphatic rings. The van der Waals surface area contributed by atoms with Crippen LogP contribution in [0.5, 0.6) is 0 Å². The third kappa shape index (κ3) is 7.49. The number of allylic oxidation sites excluding steroid dienone is 7. The molecular formula is C48H59N3O. The molecule has 0 saturated carbocycles. The smallest absolute Gasteiger partial charge is 0.219 e. The van der Waals surface area contributed by atoms with Crippen molar-refractivity contribution < 1.29 is 4.79 Å². The van der Waals surface area contributed by atoms with E-state index >= 15 is 0 Å². The van der Waals surface area contributed by atoms with Gasteiger partial charge in [-0.15, -0.1) is 0 Å². The molecule has 0 spiro atoms. The van der Waals surface area contributed by atoms with Crippen molar-refractivity contribution >= 4 is 38.8 Å². The average Bonchev–Trinajstić information content (AvgIpc) is 3.49. The summed E-state index contributed by atoms with van der Waals surface area (Å²) in [6.07, 6.45) is 23.0. The lowest BCUT2D eigenvalue weighted by molar-refractivity contribution is -0.121. The molecule has 0 bridgehead atoms. The maximum absolute atomic E-state index is 12.0. The van der Waals surface area contributed by atoms with E-state index in [1.165, 1.54) is 69.0 Å². The zero-order valence-electron chi connectivity index (χ0n) is 32.4. The van der Waals surface area contributed by atoms with E-state index in [1.54, 1.807) is 0 Å². The summed E-state index contributed by atoms with van der Waals surface area (Å²) < 4.78 is 0. The van der Waals surface area contributed by atoms with Crippen LogP contribution in [0, 0.1) is 0 Å². The van der Waals surface area contributed by atoms with Crippen LogP contribution in [0.1, 0.15) is 97.6 Å². The fraction of sp³-hybridized carbons (Fsp3) is 0.396. The van der Waals surface area contributed by atoms with Crippen LogP contribution in [0.15, 0.2) is 121 Å². The Balaban J connectivity index is 1.20. The summed E-state index contributed by atoms with van der Waals surface area (Å²) >= 11 is 0. The van der Waals surface area contributed by atoms with Crippen LogP contribution in [0.4, 0.5) is 11.4 Å². The first-order valence-corrected chi connectivity index (χ1v) is 19.8. The number of nitrogens with zero attached hydrogens (tertiary/aromatic N) is 2. The van der Waals surface area contributed by atoms with E-state index in [4.69, 9.17) is 0 Å². The van der Waals surface area contributed by atoms with Gasteiger partial charge in [-0.05, 0) is 77.1 Å². The van der Waals surface area contributed by atoms with Crippen LogP contribution < -0.4 is 15.1 Å². The van der Waals surface area contributed by atoms with Crippen LogP contribution in [-0.4, -0.2) is 31.6 Å². The fourth-order valence-corrected chi connectivity index (χ4v) is 8.80. The number of hydrogen-bond donors (Lipinski definition) is 1. The van der Waals surface area contributed by atoms with Gasteiger partial charge in [0.25, 0.3) is 0 Å². The molecule has 0 saturated heterocycles. The summed E-state index contributed by atoms with van der Waals surface area (Å²) in [4.78, 5) is 17.2. The van der Waals surface area contributed by atoms with E-state index in [1.807, 2.05) is 6.92 Å². The van der Waals surface area contributed by atoms with E-state index in [0.717, 1.165) is 32.4 Å². The average molecular weight is 694 g/mol. The van der Waals surface area contributed by atoms with Gasteiger partial charge in [0.2, 0.25) is 5.91 Å². The molecular weight excluding hydrogens is 635 g/mol.